The van der Waals surface area contributed by atoms with E-state index in [2.05, 4.69) is 25.9 Å². The van der Waals surface area contributed by atoms with E-state index in [1.807, 2.05) is 42.2 Å². The molecular formula is C54H59ClF4N8O7. The molecule has 20 heteroatoms. The molecule has 0 bridgehead atoms. The van der Waals surface area contributed by atoms with E-state index in [-0.39, 0.29) is 112 Å². The topological polar surface area (TPSA) is 171 Å². The summed E-state index contributed by atoms with van der Waals surface area (Å²) in [6.07, 6.45) is 4.01. The van der Waals surface area contributed by atoms with Crippen molar-refractivity contribution in [2.45, 2.75) is 75.3 Å². The Labute approximate surface area is 430 Å². The molecule has 5 aromatic rings. The van der Waals surface area contributed by atoms with E-state index in [0.717, 1.165) is 24.9 Å². The van der Waals surface area contributed by atoms with Gasteiger partial charge in [-0.3, -0.25) is 29.3 Å². The van der Waals surface area contributed by atoms with E-state index in [1.54, 1.807) is 7.05 Å². The smallest absolute Gasteiger partial charge is 0.329 e. The van der Waals surface area contributed by atoms with Gasteiger partial charge in [0.2, 0.25) is 11.8 Å². The number of anilines is 1. The number of rotatable bonds is 14. The number of imide groups is 1. The number of urea groups is 1. The van der Waals surface area contributed by atoms with Crippen molar-refractivity contribution in [3.8, 4) is 22.6 Å². The Hall–Kier alpha value is -6.28. The third kappa shape index (κ3) is 9.23. The number of aromatic nitrogens is 2. The molecule has 1 saturated carbocycles. The highest BCUT2D eigenvalue weighted by molar-refractivity contribution is 6.34. The number of carbonyl (C=O) groups excluding carboxylic acids is 4. The number of piperidine rings is 1. The average molecular weight is 1040 g/mol. The van der Waals surface area contributed by atoms with Gasteiger partial charge < -0.3 is 35.0 Å². The van der Waals surface area contributed by atoms with Gasteiger partial charge in [0.05, 0.1) is 22.6 Å². The van der Waals surface area contributed by atoms with Gasteiger partial charge in [-0.05, 0) is 81.3 Å². The Morgan fingerprint density at radius 1 is 0.932 bits per heavy atom. The normalized spacial score (nSPS) is 22.6. The van der Waals surface area contributed by atoms with Gasteiger partial charge >= 0.3 is 6.03 Å². The number of aliphatic hydroxyl groups excluding tert-OH is 1. The number of benzene rings is 4. The number of carbonyl (C=O) groups is 4. The molecule has 1 aliphatic carbocycles. The number of nitrogens with one attached hydrogen (secondary N) is 3. The minimum absolute atomic E-state index is 0.0234. The Kier molecular flexibility index (Phi) is 14.4. The van der Waals surface area contributed by atoms with Gasteiger partial charge in [-0.15, -0.1) is 0 Å². The van der Waals surface area contributed by atoms with E-state index in [1.165, 1.54) is 40.9 Å². The van der Waals surface area contributed by atoms with Gasteiger partial charge in [0.25, 0.3) is 5.91 Å². The summed E-state index contributed by atoms with van der Waals surface area (Å²) in [5.74, 6) is -4.77. The average Bonchev–Trinajstić information content (AvgIpc) is 3.86. The second-order valence-corrected chi connectivity index (χ2v) is 20.7. The van der Waals surface area contributed by atoms with Crippen molar-refractivity contribution in [1.82, 2.24) is 35.5 Å². The molecule has 15 nitrogen and oxygen atoms in total. The molecule has 10 rings (SSSR count). The number of hydrogen-bond acceptors (Lipinski definition) is 10. The monoisotopic (exact) mass is 1040 g/mol. The fourth-order valence-corrected chi connectivity index (χ4v) is 12.3. The molecule has 5 aliphatic rings. The molecular weight excluding hydrogens is 984 g/mol. The van der Waals surface area contributed by atoms with Crippen LogP contribution in [-0.2, 0) is 22.2 Å². The zero-order valence-corrected chi connectivity index (χ0v) is 42.2. The van der Waals surface area contributed by atoms with Crippen LogP contribution in [0.15, 0.2) is 54.6 Å². The van der Waals surface area contributed by atoms with Crippen molar-refractivity contribution in [1.29, 1.82) is 0 Å². The summed E-state index contributed by atoms with van der Waals surface area (Å²) >= 11 is 6.77. The first-order chi connectivity index (χ1) is 35.6. The quantitative estimate of drug-likeness (QED) is 0.0817. The standard InChI is InChI=1S/C54H59ClF4N8O7/c1-29-42-40(24-38(57)46(55)45(42)44-35(51(70)60-2)13-14-39(47(44)58)73-22-21-68)74-54(29,33-7-5-4-6-8-33)28-61-34-11-9-32(10-12-34)52(71)66-26-30(27-66)25-65-18-15-31(16-19-65)43-37(56)23-36-49(48(43)59)64(3)63-50(36)67-20-17-41(69)62-53(67)72/h4-8,13-14,23-24,29-32,34,61,68H,9-12,15-22,25-28H2,1-3H3,(H,60,70)(H,62,69,72)/t29-,32?,34?,54-/m0/s1. The predicted octanol–water partition coefficient (Wildman–Crippen LogP) is 7.50. The minimum Gasteiger partial charge on any atom is -0.488 e. The number of aliphatic hydroxyl groups is 1. The van der Waals surface area contributed by atoms with Gasteiger partial charge in [-0.1, -0.05) is 48.9 Å². The van der Waals surface area contributed by atoms with Crippen LogP contribution in [0, 0.1) is 35.1 Å². The Balaban J connectivity index is 0.751. The molecule has 0 unspecified atom stereocenters. The molecule has 5 heterocycles. The molecule has 5 amide bonds. The largest absolute Gasteiger partial charge is 0.488 e. The molecule has 4 N–H and O–H groups in total. The lowest BCUT2D eigenvalue weighted by atomic mass is 9.77. The lowest BCUT2D eigenvalue weighted by Crippen LogP contribution is -2.56. The van der Waals surface area contributed by atoms with Crippen LogP contribution >= 0.6 is 11.6 Å². The molecule has 0 radical (unpaired) electrons. The molecule has 0 spiro atoms. The zero-order valence-electron chi connectivity index (χ0n) is 41.4. The number of fused-ring (bicyclic) bond motifs is 2. The van der Waals surface area contributed by atoms with Crippen molar-refractivity contribution in [3.05, 3.63) is 105 Å². The summed E-state index contributed by atoms with van der Waals surface area (Å²) in [5.41, 5.74) is -0.144. The summed E-state index contributed by atoms with van der Waals surface area (Å²) in [4.78, 5) is 56.8. The van der Waals surface area contributed by atoms with E-state index in [4.69, 9.17) is 21.1 Å². The Morgan fingerprint density at radius 3 is 2.35 bits per heavy atom. The second-order valence-electron chi connectivity index (χ2n) is 20.3. The van der Waals surface area contributed by atoms with Crippen molar-refractivity contribution in [3.63, 3.8) is 0 Å². The molecule has 4 aliphatic heterocycles. The summed E-state index contributed by atoms with van der Waals surface area (Å²) < 4.78 is 78.2. The number of amides is 5. The lowest BCUT2D eigenvalue weighted by Gasteiger charge is -2.45. The third-order valence-electron chi connectivity index (χ3n) is 15.9. The SMILES string of the molecule is CNC(=O)c1ccc(OCCO)c(F)c1-c1c(Cl)c(F)cc2c1[C@H](C)[C@@](CNC1CCC(C(=O)N3CC(CN4CCC(c5c(F)cc6c(N7CCC(=O)NC7=O)nn(C)c6c5F)CC4)C3)CC1)(c1ccccc1)O2. The van der Waals surface area contributed by atoms with Crippen LogP contribution in [0.3, 0.4) is 0 Å². The summed E-state index contributed by atoms with van der Waals surface area (Å²) in [7, 11) is 2.96. The highest BCUT2D eigenvalue weighted by atomic mass is 35.5. The first kappa shape index (κ1) is 51.2. The van der Waals surface area contributed by atoms with Crippen LogP contribution < -0.4 is 30.3 Å². The number of ether oxygens (including phenoxy) is 2. The molecule has 392 valence electrons. The Morgan fingerprint density at radius 2 is 1.66 bits per heavy atom. The van der Waals surface area contributed by atoms with E-state index in [0.29, 0.717) is 63.3 Å². The van der Waals surface area contributed by atoms with E-state index < -0.39 is 52.6 Å². The highest BCUT2D eigenvalue weighted by Gasteiger charge is 2.51. The summed E-state index contributed by atoms with van der Waals surface area (Å²) in [6, 6.07) is 14.0. The maximum absolute atomic E-state index is 16.6. The van der Waals surface area contributed by atoms with Crippen molar-refractivity contribution in [2.24, 2.45) is 18.9 Å². The van der Waals surface area contributed by atoms with Crippen molar-refractivity contribution < 1.29 is 51.3 Å². The van der Waals surface area contributed by atoms with Gasteiger partial charge in [0.1, 0.15) is 29.5 Å². The van der Waals surface area contributed by atoms with Crippen LogP contribution in [0.4, 0.5) is 28.2 Å². The van der Waals surface area contributed by atoms with Crippen LogP contribution in [0.2, 0.25) is 5.02 Å². The fraction of sp³-hybridized carbons (Fsp3) is 0.463. The van der Waals surface area contributed by atoms with E-state index in [9.17, 15) is 24.3 Å². The molecule has 4 aromatic carbocycles. The fourth-order valence-electron chi connectivity index (χ4n) is 12.0. The number of aryl methyl sites for hydroxylation is 1. The van der Waals surface area contributed by atoms with Gasteiger partial charge in [0.15, 0.2) is 28.8 Å². The molecule has 2 atom stereocenters. The number of likely N-dealkylation sites (tertiary alicyclic amines) is 2. The van der Waals surface area contributed by atoms with E-state index >= 15 is 17.6 Å². The van der Waals surface area contributed by atoms with Crippen LogP contribution in [-0.4, -0.2) is 121 Å². The number of nitrogens with zero attached hydrogens (tertiary/aromatic N) is 5. The maximum atomic E-state index is 16.6. The van der Waals surface area contributed by atoms with Crippen LogP contribution in [0.25, 0.3) is 22.0 Å². The van der Waals surface area contributed by atoms with Crippen LogP contribution in [0.5, 0.6) is 11.5 Å². The first-order valence-electron chi connectivity index (χ1n) is 25.4. The molecule has 1 aromatic heterocycles. The second kappa shape index (κ2) is 20.8. The van der Waals surface area contributed by atoms with Crippen molar-refractivity contribution in [2.75, 3.05) is 71.0 Å². The number of halogens is 5. The Bertz CT molecular complexity index is 3010. The summed E-state index contributed by atoms with van der Waals surface area (Å²) in [6.45, 7) is 5.04. The van der Waals surface area contributed by atoms with Gasteiger partial charge in [-0.25, -0.2) is 22.4 Å². The lowest BCUT2D eigenvalue weighted by molar-refractivity contribution is -0.143. The van der Waals surface area contributed by atoms with Gasteiger partial charge in [0, 0.05) is 105 Å². The number of hydrogen-bond donors (Lipinski definition) is 4. The van der Waals surface area contributed by atoms with Gasteiger partial charge in [-0.2, -0.15) is 5.10 Å². The minimum atomic E-state index is -1.12. The molecule has 74 heavy (non-hydrogen) atoms. The van der Waals surface area contributed by atoms with Crippen LogP contribution in [0.1, 0.15) is 90.8 Å². The third-order valence-corrected chi connectivity index (χ3v) is 16.3. The first-order valence-corrected chi connectivity index (χ1v) is 25.8. The molecule has 4 fully saturated rings. The highest BCUT2D eigenvalue weighted by Crippen LogP contribution is 2.57. The maximum Gasteiger partial charge on any atom is 0.329 e. The van der Waals surface area contributed by atoms with Crippen molar-refractivity contribution >= 4 is 52.1 Å². The molecule has 3 saturated heterocycles. The summed E-state index contributed by atoms with van der Waals surface area (Å²) in [5, 5.41) is 22.0. The zero-order chi connectivity index (χ0) is 52.2. The predicted molar refractivity (Wildman–Crippen MR) is 268 cm³/mol.